The Bertz CT molecular complexity index is 290. The lowest BCUT2D eigenvalue weighted by Crippen LogP contribution is -2.34. The zero-order chi connectivity index (χ0) is 10.9. The number of rotatable bonds is 2. The lowest BCUT2D eigenvalue weighted by atomic mass is 9.71. The zero-order valence-corrected chi connectivity index (χ0v) is 9.29. The van der Waals surface area contributed by atoms with Gasteiger partial charge in [-0.05, 0) is 26.2 Å². The SMILES string of the molecule is CC1=CC(C(=O)O)(C(C)C)C=C(C)C1. The molecule has 1 aliphatic rings. The number of hydrogen-bond donors (Lipinski definition) is 1. The van der Waals surface area contributed by atoms with Crippen LogP contribution in [0.25, 0.3) is 0 Å². The smallest absolute Gasteiger partial charge is 0.317 e. The van der Waals surface area contributed by atoms with Gasteiger partial charge in [0.1, 0.15) is 5.41 Å². The van der Waals surface area contributed by atoms with Gasteiger partial charge in [-0.25, -0.2) is 0 Å². The second-order valence-corrected chi connectivity index (χ2v) is 4.55. The van der Waals surface area contributed by atoms with Crippen LogP contribution in [0.15, 0.2) is 23.3 Å². The summed E-state index contributed by atoms with van der Waals surface area (Å²) < 4.78 is 0. The third-order valence-electron chi connectivity index (χ3n) is 2.85. The Morgan fingerprint density at radius 3 is 2.07 bits per heavy atom. The third kappa shape index (κ3) is 1.74. The first-order chi connectivity index (χ1) is 6.38. The number of carboxylic acids is 1. The molecule has 2 nitrogen and oxygen atoms in total. The first-order valence-electron chi connectivity index (χ1n) is 4.98. The quantitative estimate of drug-likeness (QED) is 0.686. The summed E-state index contributed by atoms with van der Waals surface area (Å²) in [6.07, 6.45) is 4.70. The van der Waals surface area contributed by atoms with E-state index >= 15 is 0 Å². The first kappa shape index (κ1) is 11.0. The van der Waals surface area contributed by atoms with Gasteiger partial charge in [0.2, 0.25) is 0 Å². The van der Waals surface area contributed by atoms with E-state index in [4.69, 9.17) is 0 Å². The van der Waals surface area contributed by atoms with E-state index in [1.54, 1.807) is 0 Å². The van der Waals surface area contributed by atoms with Crippen molar-refractivity contribution in [1.82, 2.24) is 0 Å². The van der Waals surface area contributed by atoms with Crippen LogP contribution in [0.2, 0.25) is 0 Å². The van der Waals surface area contributed by atoms with Crippen LogP contribution >= 0.6 is 0 Å². The van der Waals surface area contributed by atoms with Crippen LogP contribution in [0.1, 0.15) is 34.1 Å². The van der Waals surface area contributed by atoms with Crippen LogP contribution in [-0.4, -0.2) is 11.1 Å². The fourth-order valence-electron chi connectivity index (χ4n) is 2.10. The molecular weight excluding hydrogens is 176 g/mol. The van der Waals surface area contributed by atoms with Gasteiger partial charge >= 0.3 is 5.97 Å². The second kappa shape index (κ2) is 3.60. The molecule has 0 spiro atoms. The minimum atomic E-state index is -0.785. The summed E-state index contributed by atoms with van der Waals surface area (Å²) >= 11 is 0. The molecular formula is C12H18O2. The predicted molar refractivity (Wildman–Crippen MR) is 57.0 cm³/mol. The highest BCUT2D eigenvalue weighted by molar-refractivity contribution is 5.81. The Labute approximate surface area is 85.3 Å². The van der Waals surface area contributed by atoms with Crippen LogP contribution < -0.4 is 0 Å². The van der Waals surface area contributed by atoms with Crippen molar-refractivity contribution in [3.8, 4) is 0 Å². The molecule has 0 aromatic rings. The zero-order valence-electron chi connectivity index (χ0n) is 9.29. The monoisotopic (exact) mass is 194 g/mol. The Morgan fingerprint density at radius 2 is 1.79 bits per heavy atom. The highest BCUT2D eigenvalue weighted by atomic mass is 16.4. The fourth-order valence-corrected chi connectivity index (χ4v) is 2.10. The van der Waals surface area contributed by atoms with Gasteiger partial charge in [-0.3, -0.25) is 4.79 Å². The maximum atomic E-state index is 11.3. The highest BCUT2D eigenvalue weighted by Gasteiger charge is 2.39. The van der Waals surface area contributed by atoms with E-state index in [2.05, 4.69) is 0 Å². The number of aliphatic carboxylic acids is 1. The standard InChI is InChI=1S/C12H18O2/c1-8(2)12(11(13)14)6-9(3)5-10(4)7-12/h6-8H,5H2,1-4H3,(H,13,14). The molecule has 0 aromatic heterocycles. The second-order valence-electron chi connectivity index (χ2n) is 4.55. The molecule has 0 radical (unpaired) electrons. The molecule has 0 aliphatic heterocycles. The van der Waals surface area contributed by atoms with Gasteiger partial charge in [-0.1, -0.05) is 37.1 Å². The lowest BCUT2D eigenvalue weighted by Gasteiger charge is -2.31. The molecule has 0 atom stereocenters. The van der Waals surface area contributed by atoms with E-state index in [0.717, 1.165) is 17.6 Å². The molecule has 0 saturated heterocycles. The van der Waals surface area contributed by atoms with Gasteiger partial charge in [-0.15, -0.1) is 0 Å². The van der Waals surface area contributed by atoms with Crippen molar-refractivity contribution in [2.24, 2.45) is 11.3 Å². The molecule has 2 heteroatoms. The normalized spacial score (nSPS) is 20.4. The van der Waals surface area contributed by atoms with E-state index in [9.17, 15) is 9.90 Å². The molecule has 0 heterocycles. The van der Waals surface area contributed by atoms with Crippen molar-refractivity contribution in [1.29, 1.82) is 0 Å². The number of allylic oxidation sites excluding steroid dienone is 2. The summed E-state index contributed by atoms with van der Waals surface area (Å²) in [4.78, 5) is 11.3. The van der Waals surface area contributed by atoms with Gasteiger partial charge in [0.15, 0.2) is 0 Å². The molecule has 0 aromatic carbocycles. The summed E-state index contributed by atoms with van der Waals surface area (Å²) in [6, 6.07) is 0. The Hall–Kier alpha value is -1.05. The fraction of sp³-hybridized carbons (Fsp3) is 0.583. The van der Waals surface area contributed by atoms with Crippen molar-refractivity contribution in [3.63, 3.8) is 0 Å². The van der Waals surface area contributed by atoms with Gasteiger partial charge in [0.05, 0.1) is 0 Å². The van der Waals surface area contributed by atoms with Crippen molar-refractivity contribution >= 4 is 5.97 Å². The van der Waals surface area contributed by atoms with Gasteiger partial charge in [0, 0.05) is 0 Å². The van der Waals surface area contributed by atoms with E-state index in [0.29, 0.717) is 0 Å². The Balaban J connectivity index is 3.22. The summed E-state index contributed by atoms with van der Waals surface area (Å²) in [5.41, 5.74) is 1.52. The van der Waals surface area contributed by atoms with Gasteiger partial charge in [0.25, 0.3) is 0 Å². The molecule has 0 amide bonds. The molecule has 0 unspecified atom stereocenters. The van der Waals surface area contributed by atoms with Crippen LogP contribution in [0.4, 0.5) is 0 Å². The molecule has 1 N–H and O–H groups in total. The summed E-state index contributed by atoms with van der Waals surface area (Å²) in [7, 11) is 0. The number of hydrogen-bond acceptors (Lipinski definition) is 1. The van der Waals surface area contributed by atoms with E-state index in [-0.39, 0.29) is 5.92 Å². The summed E-state index contributed by atoms with van der Waals surface area (Å²) in [5.74, 6) is -0.656. The van der Waals surface area contributed by atoms with Crippen LogP contribution in [0.3, 0.4) is 0 Å². The van der Waals surface area contributed by atoms with E-state index < -0.39 is 11.4 Å². The van der Waals surface area contributed by atoms with Crippen LogP contribution in [0.5, 0.6) is 0 Å². The first-order valence-corrected chi connectivity index (χ1v) is 4.98. The Kier molecular flexibility index (Phi) is 2.84. The number of carbonyl (C=O) groups is 1. The van der Waals surface area contributed by atoms with Crippen LogP contribution in [-0.2, 0) is 4.79 Å². The minimum Gasteiger partial charge on any atom is -0.480 e. The average molecular weight is 194 g/mol. The highest BCUT2D eigenvalue weighted by Crippen LogP contribution is 2.38. The lowest BCUT2D eigenvalue weighted by molar-refractivity contribution is -0.145. The molecule has 1 rings (SSSR count). The molecule has 0 bridgehead atoms. The van der Waals surface area contributed by atoms with Crippen molar-refractivity contribution in [3.05, 3.63) is 23.3 Å². The van der Waals surface area contributed by atoms with Crippen LogP contribution in [0, 0.1) is 11.3 Å². The van der Waals surface area contributed by atoms with Gasteiger partial charge < -0.3 is 5.11 Å². The molecule has 0 saturated carbocycles. The molecule has 78 valence electrons. The molecule has 0 fully saturated rings. The molecule has 1 aliphatic carbocycles. The van der Waals surface area contributed by atoms with Crippen molar-refractivity contribution in [2.75, 3.05) is 0 Å². The summed E-state index contributed by atoms with van der Waals surface area (Å²) in [6.45, 7) is 7.90. The number of carboxylic acid groups (broad SMARTS) is 1. The topological polar surface area (TPSA) is 37.3 Å². The Morgan fingerprint density at radius 1 is 1.36 bits per heavy atom. The van der Waals surface area contributed by atoms with E-state index in [1.807, 2.05) is 39.8 Å². The minimum absolute atomic E-state index is 0.0881. The van der Waals surface area contributed by atoms with Crippen molar-refractivity contribution in [2.45, 2.75) is 34.1 Å². The third-order valence-corrected chi connectivity index (χ3v) is 2.85. The molecule has 14 heavy (non-hydrogen) atoms. The van der Waals surface area contributed by atoms with Gasteiger partial charge in [-0.2, -0.15) is 0 Å². The summed E-state index contributed by atoms with van der Waals surface area (Å²) in [5, 5.41) is 9.31. The van der Waals surface area contributed by atoms with Crippen molar-refractivity contribution < 1.29 is 9.90 Å². The average Bonchev–Trinajstić information content (AvgIpc) is 2.01. The predicted octanol–water partition coefficient (Wildman–Crippen LogP) is 3.01. The van der Waals surface area contributed by atoms with E-state index in [1.165, 1.54) is 0 Å². The maximum Gasteiger partial charge on any atom is 0.317 e. The largest absolute Gasteiger partial charge is 0.480 e. The maximum absolute atomic E-state index is 11.3.